The second-order valence-corrected chi connectivity index (χ2v) is 7.55. The molecule has 0 amide bonds. The summed E-state index contributed by atoms with van der Waals surface area (Å²) >= 11 is 7.04. The summed E-state index contributed by atoms with van der Waals surface area (Å²) in [7, 11) is 0. The van der Waals surface area contributed by atoms with Crippen molar-refractivity contribution in [3.8, 4) is 33.4 Å². The van der Waals surface area contributed by atoms with E-state index in [0.29, 0.717) is 0 Å². The lowest BCUT2D eigenvalue weighted by Crippen LogP contribution is -1.77. The van der Waals surface area contributed by atoms with Crippen molar-refractivity contribution >= 4 is 31.9 Å². The third kappa shape index (κ3) is 2.92. The second-order valence-electron chi connectivity index (χ2n) is 5.72. The Morgan fingerprint density at radius 1 is 0.417 bits per heavy atom. The van der Waals surface area contributed by atoms with Crippen LogP contribution in [0.3, 0.4) is 0 Å². The minimum Gasteiger partial charge on any atom is -0.0622 e. The molecule has 116 valence electrons. The van der Waals surface area contributed by atoms with Gasteiger partial charge in [-0.05, 0) is 63.7 Å². The Morgan fingerprint density at radius 2 is 0.833 bits per heavy atom. The molecule has 0 bridgehead atoms. The summed E-state index contributed by atoms with van der Waals surface area (Å²) in [5.74, 6) is 0. The molecule has 0 radical (unpaired) electrons. The van der Waals surface area contributed by atoms with Gasteiger partial charge in [-0.25, -0.2) is 0 Å². The maximum absolute atomic E-state index is 3.52. The minimum atomic E-state index is 1.10. The summed E-state index contributed by atoms with van der Waals surface area (Å²) in [5.41, 5.74) is 7.56. The molecule has 2 aliphatic carbocycles. The topological polar surface area (TPSA) is 0 Å². The molecule has 2 aliphatic rings. The molecule has 2 aromatic rings. The Morgan fingerprint density at radius 3 is 1.25 bits per heavy atom. The average molecular weight is 438 g/mol. The molecule has 0 nitrogen and oxygen atoms in total. The molecule has 0 saturated carbocycles. The van der Waals surface area contributed by atoms with Gasteiger partial charge in [0.25, 0.3) is 0 Å². The summed E-state index contributed by atoms with van der Waals surface area (Å²) in [6, 6.07) is 30.0. The zero-order chi connectivity index (χ0) is 16.5. The predicted molar refractivity (Wildman–Crippen MR) is 109 cm³/mol. The average Bonchev–Trinajstić information content (AvgIpc) is 2.78. The molecule has 2 heteroatoms. The molecule has 0 spiro atoms. The van der Waals surface area contributed by atoms with Gasteiger partial charge in [0.2, 0.25) is 0 Å². The van der Waals surface area contributed by atoms with E-state index in [1.165, 1.54) is 33.4 Å². The Kier molecular flexibility index (Phi) is 4.26. The molecular weight excluding hydrogens is 424 g/mol. The van der Waals surface area contributed by atoms with Gasteiger partial charge in [0.15, 0.2) is 0 Å². The molecule has 0 unspecified atom stereocenters. The van der Waals surface area contributed by atoms with Crippen LogP contribution in [0, 0.1) is 0 Å². The SMILES string of the molecule is Brc1ccc(-c2cc(-c3ccc(Br)cc3)c3cccccc2-3)cc1. The molecule has 0 heterocycles. The van der Waals surface area contributed by atoms with Crippen molar-refractivity contribution in [3.63, 3.8) is 0 Å². The molecule has 0 N–H and O–H groups in total. The van der Waals surface area contributed by atoms with Gasteiger partial charge in [-0.1, -0.05) is 86.5 Å². The summed E-state index contributed by atoms with van der Waals surface area (Å²) in [5, 5.41) is 0. The Bertz CT molecular complexity index is 877. The van der Waals surface area contributed by atoms with Crippen LogP contribution >= 0.6 is 31.9 Å². The summed E-state index contributed by atoms with van der Waals surface area (Å²) in [4.78, 5) is 0. The van der Waals surface area contributed by atoms with Crippen LogP contribution in [0.5, 0.6) is 0 Å². The van der Waals surface area contributed by atoms with E-state index in [4.69, 9.17) is 0 Å². The summed E-state index contributed by atoms with van der Waals surface area (Å²) < 4.78 is 2.20. The molecule has 0 fully saturated rings. The number of fused-ring (bicyclic) bond motifs is 1. The maximum Gasteiger partial charge on any atom is 0.0175 e. The highest BCUT2D eigenvalue weighted by Gasteiger charge is 2.17. The van der Waals surface area contributed by atoms with E-state index in [2.05, 4.69) is 117 Å². The highest BCUT2D eigenvalue weighted by molar-refractivity contribution is 9.10. The van der Waals surface area contributed by atoms with Crippen LogP contribution in [-0.2, 0) is 0 Å². The second kappa shape index (κ2) is 6.54. The smallest absolute Gasteiger partial charge is 0.0175 e. The maximum atomic E-state index is 3.52. The lowest BCUT2D eigenvalue weighted by atomic mass is 10.0. The van der Waals surface area contributed by atoms with E-state index < -0.39 is 0 Å². The fourth-order valence-corrected chi connectivity index (χ4v) is 3.58. The largest absolute Gasteiger partial charge is 0.0622 e. The van der Waals surface area contributed by atoms with E-state index >= 15 is 0 Å². The highest BCUT2D eigenvalue weighted by Crippen LogP contribution is 2.43. The van der Waals surface area contributed by atoms with Gasteiger partial charge in [0.1, 0.15) is 0 Å². The Balaban J connectivity index is 1.95. The van der Waals surface area contributed by atoms with Crippen LogP contribution in [0.4, 0.5) is 0 Å². The first-order valence-electron chi connectivity index (χ1n) is 7.76. The zero-order valence-corrected chi connectivity index (χ0v) is 16.0. The normalized spacial score (nSPS) is 10.9. The quantitative estimate of drug-likeness (QED) is 0.302. The Labute approximate surface area is 158 Å². The van der Waals surface area contributed by atoms with E-state index in [1.807, 2.05) is 0 Å². The number of hydrogen-bond donors (Lipinski definition) is 0. The third-order valence-electron chi connectivity index (χ3n) is 4.22. The molecule has 0 saturated heterocycles. The van der Waals surface area contributed by atoms with Gasteiger partial charge in [0, 0.05) is 8.95 Å². The molecule has 4 rings (SSSR count). The minimum absolute atomic E-state index is 1.10. The van der Waals surface area contributed by atoms with Crippen LogP contribution in [0.25, 0.3) is 33.4 Å². The highest BCUT2D eigenvalue weighted by atomic mass is 79.9. The number of hydrogen-bond acceptors (Lipinski definition) is 0. The van der Waals surface area contributed by atoms with Crippen LogP contribution in [0.2, 0.25) is 0 Å². The van der Waals surface area contributed by atoms with Crippen molar-refractivity contribution in [2.24, 2.45) is 0 Å². The first-order valence-corrected chi connectivity index (χ1v) is 9.34. The first-order chi connectivity index (χ1) is 11.7. The lowest BCUT2D eigenvalue weighted by molar-refractivity contribution is 1.62. The van der Waals surface area contributed by atoms with Crippen molar-refractivity contribution in [1.82, 2.24) is 0 Å². The van der Waals surface area contributed by atoms with Crippen molar-refractivity contribution in [1.29, 1.82) is 0 Å². The van der Waals surface area contributed by atoms with Gasteiger partial charge < -0.3 is 0 Å². The van der Waals surface area contributed by atoms with E-state index in [1.54, 1.807) is 0 Å². The lowest BCUT2D eigenvalue weighted by Gasteiger charge is -2.03. The Hall–Kier alpha value is -1.90. The first kappa shape index (κ1) is 15.6. The predicted octanol–water partition coefficient (Wildman–Crippen LogP) is 7.65. The van der Waals surface area contributed by atoms with Crippen molar-refractivity contribution in [2.45, 2.75) is 0 Å². The molecule has 24 heavy (non-hydrogen) atoms. The summed E-state index contributed by atoms with van der Waals surface area (Å²) in [6.45, 7) is 0. The van der Waals surface area contributed by atoms with Gasteiger partial charge in [0.05, 0.1) is 0 Å². The van der Waals surface area contributed by atoms with Crippen molar-refractivity contribution in [3.05, 3.63) is 93.9 Å². The van der Waals surface area contributed by atoms with Crippen LogP contribution < -0.4 is 0 Å². The molecule has 0 aromatic heterocycles. The summed E-state index contributed by atoms with van der Waals surface area (Å²) in [6.07, 6.45) is 0. The van der Waals surface area contributed by atoms with Crippen LogP contribution in [0.1, 0.15) is 0 Å². The molecule has 0 aliphatic heterocycles. The van der Waals surface area contributed by atoms with Gasteiger partial charge in [-0.2, -0.15) is 0 Å². The monoisotopic (exact) mass is 436 g/mol. The van der Waals surface area contributed by atoms with Crippen molar-refractivity contribution in [2.75, 3.05) is 0 Å². The van der Waals surface area contributed by atoms with E-state index in [-0.39, 0.29) is 0 Å². The zero-order valence-electron chi connectivity index (χ0n) is 12.8. The van der Waals surface area contributed by atoms with Gasteiger partial charge >= 0.3 is 0 Å². The van der Waals surface area contributed by atoms with E-state index in [0.717, 1.165) is 8.95 Å². The third-order valence-corrected chi connectivity index (χ3v) is 5.27. The van der Waals surface area contributed by atoms with Gasteiger partial charge in [-0.15, -0.1) is 0 Å². The van der Waals surface area contributed by atoms with E-state index in [9.17, 15) is 0 Å². The van der Waals surface area contributed by atoms with Crippen molar-refractivity contribution < 1.29 is 0 Å². The number of rotatable bonds is 2. The number of benzene rings is 2. The number of halogens is 2. The van der Waals surface area contributed by atoms with Crippen LogP contribution in [0.15, 0.2) is 93.9 Å². The molecule has 2 aromatic carbocycles. The van der Waals surface area contributed by atoms with Gasteiger partial charge in [-0.3, -0.25) is 0 Å². The standard InChI is InChI=1S/C22H14Br2/c23-17-10-6-15(7-11-17)21-14-22(16-8-12-18(24)13-9-16)20-5-3-1-2-4-19(20)21/h1-14H. The fourth-order valence-electron chi connectivity index (χ4n) is 3.05. The molecular formula is C22H14Br2. The molecule has 0 atom stereocenters. The fraction of sp³-hybridized carbons (Fsp3) is 0. The van der Waals surface area contributed by atoms with Crippen LogP contribution in [-0.4, -0.2) is 0 Å².